The Balaban J connectivity index is 1.46. The number of hydrogen-bond donors (Lipinski definition) is 1. The van der Waals surface area contributed by atoms with Crippen molar-refractivity contribution in [3.63, 3.8) is 0 Å². The lowest BCUT2D eigenvalue weighted by atomic mass is 9.88. The summed E-state index contributed by atoms with van der Waals surface area (Å²) >= 11 is 0. The smallest absolute Gasteiger partial charge is 0.328 e. The first-order chi connectivity index (χ1) is 19.9. The summed E-state index contributed by atoms with van der Waals surface area (Å²) in [4.78, 5) is 45.2. The van der Waals surface area contributed by atoms with Crippen LogP contribution in [0.2, 0.25) is 0 Å². The van der Waals surface area contributed by atoms with Crippen LogP contribution in [0.25, 0.3) is 0 Å². The number of imidazole rings is 1. The van der Waals surface area contributed by atoms with Crippen molar-refractivity contribution < 1.29 is 19.1 Å². The monoisotopic (exact) mass is 550 g/mol. The zero-order chi connectivity index (χ0) is 28.9. The molecule has 2 heterocycles. The molecule has 5 rings (SSSR count). The van der Waals surface area contributed by atoms with E-state index >= 15 is 0 Å². The van der Waals surface area contributed by atoms with E-state index in [4.69, 9.17) is 4.74 Å². The van der Waals surface area contributed by atoms with Crippen LogP contribution in [0.3, 0.4) is 0 Å². The highest BCUT2D eigenvalue weighted by Crippen LogP contribution is 2.32. The van der Waals surface area contributed by atoms with E-state index in [0.717, 1.165) is 45.7 Å². The molecule has 0 aliphatic carbocycles. The van der Waals surface area contributed by atoms with Gasteiger partial charge in [0.1, 0.15) is 6.04 Å². The molecule has 1 atom stereocenters. The molecule has 0 fully saturated rings. The van der Waals surface area contributed by atoms with Crippen molar-refractivity contribution in [2.45, 2.75) is 51.7 Å². The number of fused-ring (bicyclic) bond motifs is 1. The molecule has 0 bridgehead atoms. The van der Waals surface area contributed by atoms with E-state index in [1.165, 1.54) is 14.0 Å². The summed E-state index contributed by atoms with van der Waals surface area (Å²) < 4.78 is 7.22. The van der Waals surface area contributed by atoms with Crippen LogP contribution < -0.4 is 5.32 Å². The number of carbonyl (C=O) groups excluding carboxylic acids is 3. The molecule has 8 nitrogen and oxygen atoms in total. The standard InChI is InChI=1S/C33H34N4O4/c1-4-24-17-23(15-16-27(24)35-22(2)38)19-36-21-34-28-20-37(30(18-29(28)36)33(40)41-3)32(39)31(25-11-7-5-8-12-25)26-13-9-6-10-14-26/h5-17,21,30-31H,4,18-20H2,1-3H3,(H,35,38)/t30-/m0/s1. The number of esters is 1. The molecule has 3 aromatic carbocycles. The lowest BCUT2D eigenvalue weighted by molar-refractivity contribution is -0.154. The summed E-state index contributed by atoms with van der Waals surface area (Å²) in [5.74, 6) is -1.29. The highest BCUT2D eigenvalue weighted by Gasteiger charge is 2.40. The van der Waals surface area contributed by atoms with Crippen LogP contribution in [0, 0.1) is 0 Å². The predicted octanol–water partition coefficient (Wildman–Crippen LogP) is 4.71. The van der Waals surface area contributed by atoms with E-state index in [9.17, 15) is 14.4 Å². The molecule has 0 saturated carbocycles. The molecule has 8 heteroatoms. The Hall–Kier alpha value is -4.72. The van der Waals surface area contributed by atoms with Crippen molar-refractivity contribution in [2.24, 2.45) is 0 Å². The molecule has 1 N–H and O–H groups in total. The van der Waals surface area contributed by atoms with Crippen LogP contribution in [0.15, 0.2) is 85.2 Å². The van der Waals surface area contributed by atoms with Crippen molar-refractivity contribution in [1.82, 2.24) is 14.5 Å². The first kappa shape index (κ1) is 27.8. The Morgan fingerprint density at radius 2 is 1.66 bits per heavy atom. The molecule has 2 amide bonds. The molecule has 0 radical (unpaired) electrons. The number of amides is 2. The van der Waals surface area contributed by atoms with E-state index in [0.29, 0.717) is 13.0 Å². The third kappa shape index (κ3) is 5.91. The lowest BCUT2D eigenvalue weighted by Crippen LogP contribution is -2.51. The molecule has 0 unspecified atom stereocenters. The minimum atomic E-state index is -0.779. The van der Waals surface area contributed by atoms with Crippen LogP contribution in [0.1, 0.15) is 53.4 Å². The number of ether oxygens (including phenoxy) is 1. The number of nitrogens with zero attached hydrogens (tertiary/aromatic N) is 3. The van der Waals surface area contributed by atoms with E-state index in [2.05, 4.69) is 16.4 Å². The molecule has 0 spiro atoms. The van der Waals surface area contributed by atoms with Gasteiger partial charge in [-0.2, -0.15) is 0 Å². The summed E-state index contributed by atoms with van der Waals surface area (Å²) in [5.41, 5.74) is 6.30. The fourth-order valence-corrected chi connectivity index (χ4v) is 5.58. The molecular weight excluding hydrogens is 516 g/mol. The largest absolute Gasteiger partial charge is 0.467 e. The maximum absolute atomic E-state index is 14.3. The van der Waals surface area contributed by atoms with Gasteiger partial charge in [-0.3, -0.25) is 9.59 Å². The number of hydrogen-bond acceptors (Lipinski definition) is 5. The number of benzene rings is 3. The Kier molecular flexibility index (Phi) is 8.29. The van der Waals surface area contributed by atoms with E-state index in [1.54, 1.807) is 11.2 Å². The van der Waals surface area contributed by atoms with Gasteiger partial charge in [0.25, 0.3) is 0 Å². The summed E-state index contributed by atoms with van der Waals surface area (Å²) in [6, 6.07) is 24.5. The van der Waals surface area contributed by atoms with E-state index in [1.807, 2.05) is 84.3 Å². The Morgan fingerprint density at radius 3 is 2.24 bits per heavy atom. The van der Waals surface area contributed by atoms with Gasteiger partial charge in [-0.1, -0.05) is 79.7 Å². The number of nitrogens with one attached hydrogen (secondary N) is 1. The average Bonchev–Trinajstić information content (AvgIpc) is 3.39. The number of anilines is 1. The second kappa shape index (κ2) is 12.2. The summed E-state index contributed by atoms with van der Waals surface area (Å²) in [5, 5.41) is 2.89. The minimum absolute atomic E-state index is 0.106. The summed E-state index contributed by atoms with van der Waals surface area (Å²) in [7, 11) is 1.35. The van der Waals surface area contributed by atoms with Crippen molar-refractivity contribution in [2.75, 3.05) is 12.4 Å². The highest BCUT2D eigenvalue weighted by molar-refractivity contribution is 5.91. The summed E-state index contributed by atoms with van der Waals surface area (Å²) in [6.45, 7) is 4.31. The van der Waals surface area contributed by atoms with Crippen molar-refractivity contribution in [3.8, 4) is 0 Å². The molecule has 0 saturated heterocycles. The third-order valence-electron chi connectivity index (χ3n) is 7.60. The first-order valence-corrected chi connectivity index (χ1v) is 13.8. The Bertz CT molecular complexity index is 1510. The van der Waals surface area contributed by atoms with Crippen LogP contribution in [-0.4, -0.2) is 45.4 Å². The van der Waals surface area contributed by atoms with Gasteiger partial charge in [-0.05, 0) is 34.7 Å². The van der Waals surface area contributed by atoms with Gasteiger partial charge in [-0.25, -0.2) is 9.78 Å². The van der Waals surface area contributed by atoms with Gasteiger partial charge in [0, 0.05) is 31.3 Å². The van der Waals surface area contributed by atoms with Gasteiger partial charge in [0.05, 0.1) is 31.6 Å². The topological polar surface area (TPSA) is 93.5 Å². The second-order valence-corrected chi connectivity index (χ2v) is 10.3. The van der Waals surface area contributed by atoms with Crippen LogP contribution >= 0.6 is 0 Å². The van der Waals surface area contributed by atoms with Gasteiger partial charge in [0.15, 0.2) is 0 Å². The number of aryl methyl sites for hydroxylation is 1. The van der Waals surface area contributed by atoms with Gasteiger partial charge >= 0.3 is 5.97 Å². The highest BCUT2D eigenvalue weighted by atomic mass is 16.5. The number of carbonyl (C=O) groups is 3. The fraction of sp³-hybridized carbons (Fsp3) is 0.273. The lowest BCUT2D eigenvalue weighted by Gasteiger charge is -2.36. The fourth-order valence-electron chi connectivity index (χ4n) is 5.58. The van der Waals surface area contributed by atoms with Crippen molar-refractivity contribution in [1.29, 1.82) is 0 Å². The molecular formula is C33H34N4O4. The number of rotatable bonds is 8. The van der Waals surface area contributed by atoms with Crippen molar-refractivity contribution in [3.05, 3.63) is 119 Å². The Morgan fingerprint density at radius 1 is 1.00 bits per heavy atom. The van der Waals surface area contributed by atoms with Gasteiger partial charge < -0.3 is 19.5 Å². The van der Waals surface area contributed by atoms with Crippen LogP contribution in [0.4, 0.5) is 5.69 Å². The van der Waals surface area contributed by atoms with E-state index < -0.39 is 17.9 Å². The molecule has 210 valence electrons. The normalized spacial score (nSPS) is 14.4. The molecule has 1 aliphatic rings. The minimum Gasteiger partial charge on any atom is -0.467 e. The third-order valence-corrected chi connectivity index (χ3v) is 7.60. The average molecular weight is 551 g/mol. The van der Waals surface area contributed by atoms with Crippen LogP contribution in [-0.2, 0) is 45.1 Å². The summed E-state index contributed by atoms with van der Waals surface area (Å²) in [6.07, 6.45) is 2.85. The second-order valence-electron chi connectivity index (χ2n) is 10.3. The zero-order valence-electron chi connectivity index (χ0n) is 23.5. The quantitative estimate of drug-likeness (QED) is 0.321. The maximum Gasteiger partial charge on any atom is 0.328 e. The van der Waals surface area contributed by atoms with Crippen molar-refractivity contribution >= 4 is 23.5 Å². The molecule has 41 heavy (non-hydrogen) atoms. The first-order valence-electron chi connectivity index (χ1n) is 13.8. The predicted molar refractivity (Wildman–Crippen MR) is 156 cm³/mol. The van der Waals surface area contributed by atoms with Gasteiger partial charge in [-0.15, -0.1) is 0 Å². The SMILES string of the molecule is CCc1cc(Cn2cnc3c2C[C@@H](C(=O)OC)N(C(=O)C(c2ccccc2)c2ccccc2)C3)ccc1NC(C)=O. The molecule has 1 aliphatic heterocycles. The number of aromatic nitrogens is 2. The molecule has 4 aromatic rings. The zero-order valence-corrected chi connectivity index (χ0v) is 23.5. The molecule has 1 aromatic heterocycles. The maximum atomic E-state index is 14.3. The number of methoxy groups -OCH3 is 1. The Labute approximate surface area is 240 Å². The van der Waals surface area contributed by atoms with Gasteiger partial charge in [0.2, 0.25) is 11.8 Å². The van der Waals surface area contributed by atoms with Crippen LogP contribution in [0.5, 0.6) is 0 Å². The van der Waals surface area contributed by atoms with E-state index in [-0.39, 0.29) is 18.4 Å².